The molecule has 110 valence electrons. The summed E-state index contributed by atoms with van der Waals surface area (Å²) in [6.45, 7) is 1.90. The Hall–Kier alpha value is -1.63. The molecule has 0 unspecified atom stereocenters. The molecule has 0 radical (unpaired) electrons. The highest BCUT2D eigenvalue weighted by Crippen LogP contribution is 2.25. The van der Waals surface area contributed by atoms with E-state index in [1.54, 1.807) is 11.4 Å². The first-order valence-electron chi connectivity index (χ1n) is 6.02. The lowest BCUT2D eigenvalue weighted by atomic mass is 10.2. The Labute approximate surface area is 137 Å². The maximum Gasteiger partial charge on any atom is 0.350 e. The highest BCUT2D eigenvalue weighted by molar-refractivity contribution is 7.80. The van der Waals surface area contributed by atoms with Crippen LogP contribution < -0.4 is 10.6 Å². The topological polar surface area (TPSA) is 50.4 Å². The monoisotopic (exact) mass is 340 g/mol. The fraction of sp³-hybridized carbons (Fsp3) is 0.143. The van der Waals surface area contributed by atoms with Gasteiger partial charge in [0, 0.05) is 10.7 Å². The molecular weight excluding hydrogens is 328 g/mol. The van der Waals surface area contributed by atoms with Crippen LogP contribution in [0.2, 0.25) is 5.02 Å². The molecule has 0 atom stereocenters. The van der Waals surface area contributed by atoms with Gasteiger partial charge in [0.05, 0.1) is 12.8 Å². The number of nitrogens with one attached hydrogen (secondary N) is 2. The van der Waals surface area contributed by atoms with Crippen LogP contribution in [0.4, 0.5) is 11.4 Å². The molecule has 0 amide bonds. The largest absolute Gasteiger partial charge is 0.465 e. The second-order valence-corrected chi connectivity index (χ2v) is 5.88. The lowest BCUT2D eigenvalue weighted by molar-refractivity contribution is 0.0607. The van der Waals surface area contributed by atoms with Gasteiger partial charge in [0.1, 0.15) is 4.88 Å². The van der Waals surface area contributed by atoms with Crippen molar-refractivity contribution < 1.29 is 9.53 Å². The van der Waals surface area contributed by atoms with Gasteiger partial charge in [-0.25, -0.2) is 4.79 Å². The average molecular weight is 341 g/mol. The summed E-state index contributed by atoms with van der Waals surface area (Å²) in [6.07, 6.45) is 0. The zero-order chi connectivity index (χ0) is 15.4. The predicted octanol–water partition coefficient (Wildman–Crippen LogP) is 4.31. The minimum Gasteiger partial charge on any atom is -0.465 e. The molecule has 1 aromatic carbocycles. The fourth-order valence-electron chi connectivity index (χ4n) is 1.68. The molecular formula is C14H13ClN2O2S2. The van der Waals surface area contributed by atoms with Crippen molar-refractivity contribution in [3.63, 3.8) is 0 Å². The van der Waals surface area contributed by atoms with E-state index >= 15 is 0 Å². The summed E-state index contributed by atoms with van der Waals surface area (Å²) in [5, 5.41) is 8.88. The van der Waals surface area contributed by atoms with Crippen molar-refractivity contribution in [1.82, 2.24) is 0 Å². The first-order chi connectivity index (χ1) is 10.0. The highest BCUT2D eigenvalue weighted by Gasteiger charge is 2.14. The molecule has 21 heavy (non-hydrogen) atoms. The number of benzene rings is 1. The second kappa shape index (κ2) is 6.89. The van der Waals surface area contributed by atoms with Gasteiger partial charge in [0.25, 0.3) is 0 Å². The summed E-state index contributed by atoms with van der Waals surface area (Å²) in [5.41, 5.74) is 2.33. The molecule has 1 heterocycles. The van der Waals surface area contributed by atoms with Crippen LogP contribution in [0.5, 0.6) is 0 Å². The normalized spacial score (nSPS) is 10.0. The molecule has 2 aromatic rings. The van der Waals surface area contributed by atoms with E-state index in [4.69, 9.17) is 28.6 Å². The number of carbonyl (C=O) groups excluding carboxylic acids is 1. The number of esters is 1. The molecule has 2 rings (SSSR count). The molecule has 0 saturated carbocycles. The van der Waals surface area contributed by atoms with Gasteiger partial charge >= 0.3 is 5.97 Å². The maximum atomic E-state index is 11.6. The van der Waals surface area contributed by atoms with Crippen LogP contribution in [0.3, 0.4) is 0 Å². The average Bonchev–Trinajstić information content (AvgIpc) is 2.91. The molecule has 0 saturated heterocycles. The number of thiocarbonyl (C=S) groups is 1. The zero-order valence-corrected chi connectivity index (χ0v) is 13.8. The minimum atomic E-state index is -0.394. The third kappa shape index (κ3) is 3.72. The highest BCUT2D eigenvalue weighted by atomic mass is 35.5. The first-order valence-corrected chi connectivity index (χ1v) is 7.68. The Morgan fingerprint density at radius 2 is 2.00 bits per heavy atom. The van der Waals surface area contributed by atoms with Crippen molar-refractivity contribution in [1.29, 1.82) is 0 Å². The van der Waals surface area contributed by atoms with Crippen LogP contribution in [-0.4, -0.2) is 18.2 Å². The standard InChI is InChI=1S/C14H13ClN2O2S2/c1-8-9(15)4-3-5-10(8)16-14(20)17-11-6-7-21-12(11)13(18)19-2/h3-7H,1-2H3,(H2,16,17,20). The SMILES string of the molecule is COC(=O)c1sccc1NC(=S)Nc1cccc(Cl)c1C. The predicted molar refractivity (Wildman–Crippen MR) is 91.7 cm³/mol. The number of thiophene rings is 1. The van der Waals surface area contributed by atoms with Crippen LogP contribution in [0.15, 0.2) is 29.6 Å². The quantitative estimate of drug-likeness (QED) is 0.644. The van der Waals surface area contributed by atoms with Crippen LogP contribution in [0, 0.1) is 6.92 Å². The number of halogens is 1. The number of hydrogen-bond donors (Lipinski definition) is 2. The Bertz CT molecular complexity index is 685. The van der Waals surface area contributed by atoms with E-state index in [1.165, 1.54) is 18.4 Å². The van der Waals surface area contributed by atoms with Gasteiger partial charge in [-0.1, -0.05) is 17.7 Å². The van der Waals surface area contributed by atoms with E-state index in [-0.39, 0.29) is 0 Å². The number of hydrogen-bond acceptors (Lipinski definition) is 4. The number of rotatable bonds is 3. The van der Waals surface area contributed by atoms with Crippen LogP contribution in [0.25, 0.3) is 0 Å². The van der Waals surface area contributed by atoms with Crippen molar-refractivity contribution in [2.24, 2.45) is 0 Å². The fourth-order valence-corrected chi connectivity index (χ4v) is 2.84. The van der Waals surface area contributed by atoms with Crippen molar-refractivity contribution in [3.05, 3.63) is 45.1 Å². The second-order valence-electron chi connectivity index (χ2n) is 4.15. The molecule has 0 aliphatic rings. The Balaban J connectivity index is 2.11. The number of anilines is 2. The third-order valence-electron chi connectivity index (χ3n) is 2.80. The van der Waals surface area contributed by atoms with Crippen LogP contribution in [-0.2, 0) is 4.74 Å². The lowest BCUT2D eigenvalue weighted by Gasteiger charge is -2.13. The molecule has 0 aliphatic carbocycles. The first kappa shape index (κ1) is 15.8. The molecule has 0 spiro atoms. The van der Waals surface area contributed by atoms with Crippen molar-refractivity contribution in [2.75, 3.05) is 17.7 Å². The van der Waals surface area contributed by atoms with Gasteiger partial charge in [-0.05, 0) is 48.3 Å². The van der Waals surface area contributed by atoms with Gasteiger partial charge in [-0.15, -0.1) is 11.3 Å². The third-order valence-corrected chi connectivity index (χ3v) is 4.31. The summed E-state index contributed by atoms with van der Waals surface area (Å²) in [6, 6.07) is 7.30. The van der Waals surface area contributed by atoms with E-state index < -0.39 is 5.97 Å². The van der Waals surface area contributed by atoms with Gasteiger partial charge in [-0.2, -0.15) is 0 Å². The lowest BCUT2D eigenvalue weighted by Crippen LogP contribution is -2.20. The smallest absolute Gasteiger partial charge is 0.350 e. The molecule has 1 aromatic heterocycles. The Morgan fingerprint density at radius 3 is 2.71 bits per heavy atom. The molecule has 0 bridgehead atoms. The van der Waals surface area contributed by atoms with Crippen molar-refractivity contribution in [3.8, 4) is 0 Å². The Kier molecular flexibility index (Phi) is 5.17. The van der Waals surface area contributed by atoms with E-state index in [1.807, 2.05) is 25.1 Å². The summed E-state index contributed by atoms with van der Waals surface area (Å²) in [4.78, 5) is 12.1. The van der Waals surface area contributed by atoms with Gasteiger partial charge in [0.15, 0.2) is 5.11 Å². The summed E-state index contributed by atoms with van der Waals surface area (Å²) in [5.74, 6) is -0.394. The maximum absolute atomic E-state index is 11.6. The molecule has 7 heteroatoms. The van der Waals surface area contributed by atoms with Crippen LogP contribution >= 0.6 is 35.2 Å². The summed E-state index contributed by atoms with van der Waals surface area (Å²) in [7, 11) is 1.34. The molecule has 2 N–H and O–H groups in total. The molecule has 0 aliphatic heterocycles. The number of carbonyl (C=O) groups is 1. The van der Waals surface area contributed by atoms with Crippen molar-refractivity contribution in [2.45, 2.75) is 6.92 Å². The zero-order valence-electron chi connectivity index (χ0n) is 11.4. The van der Waals surface area contributed by atoms with E-state index in [0.717, 1.165) is 11.3 Å². The van der Waals surface area contributed by atoms with Gasteiger partial charge < -0.3 is 15.4 Å². The Morgan fingerprint density at radius 1 is 1.29 bits per heavy atom. The molecule has 0 fully saturated rings. The van der Waals surface area contributed by atoms with E-state index in [2.05, 4.69) is 10.6 Å². The minimum absolute atomic E-state index is 0.379. The van der Waals surface area contributed by atoms with Gasteiger partial charge in [0.2, 0.25) is 0 Å². The van der Waals surface area contributed by atoms with Crippen molar-refractivity contribution >= 4 is 57.6 Å². The summed E-state index contributed by atoms with van der Waals surface area (Å²) >= 11 is 12.6. The number of methoxy groups -OCH3 is 1. The number of ether oxygens (including phenoxy) is 1. The van der Waals surface area contributed by atoms with E-state index in [9.17, 15) is 4.79 Å². The van der Waals surface area contributed by atoms with E-state index in [0.29, 0.717) is 20.7 Å². The van der Waals surface area contributed by atoms with Gasteiger partial charge in [-0.3, -0.25) is 0 Å². The molecule has 4 nitrogen and oxygen atoms in total. The van der Waals surface area contributed by atoms with Crippen LogP contribution in [0.1, 0.15) is 15.2 Å². The summed E-state index contributed by atoms with van der Waals surface area (Å²) < 4.78 is 4.72.